The topological polar surface area (TPSA) is 38.9 Å². The van der Waals surface area contributed by atoms with Gasteiger partial charge in [0.2, 0.25) is 0 Å². The molecule has 1 saturated carbocycles. The number of fused-ring (bicyclic) bond motifs is 1. The summed E-state index contributed by atoms with van der Waals surface area (Å²) >= 11 is 1.67. The van der Waals surface area contributed by atoms with Gasteiger partial charge in [-0.2, -0.15) is 0 Å². The summed E-state index contributed by atoms with van der Waals surface area (Å²) in [5, 5.41) is 1.10. The van der Waals surface area contributed by atoms with E-state index in [2.05, 4.69) is 4.98 Å². The Morgan fingerprint density at radius 3 is 2.82 bits per heavy atom. The Kier molecular flexibility index (Phi) is 2.64. The van der Waals surface area contributed by atoms with Crippen LogP contribution in [0.1, 0.15) is 30.7 Å². The summed E-state index contributed by atoms with van der Waals surface area (Å²) in [5.41, 5.74) is 6.77. The van der Waals surface area contributed by atoms with E-state index in [1.54, 1.807) is 11.3 Å². The van der Waals surface area contributed by atoms with Crippen molar-refractivity contribution < 1.29 is 4.39 Å². The lowest BCUT2D eigenvalue weighted by Crippen LogP contribution is -2.31. The standard InChI is InChI=1S/C13H15FN2S/c14-9-3-4-11-10(7-9)16-12(17-11)13(8-15)5-1-2-6-13/h3-4,7H,1-2,5-6,8,15H2. The number of aromatic nitrogens is 1. The first-order valence-corrected chi connectivity index (χ1v) is 6.82. The molecule has 0 atom stereocenters. The van der Waals surface area contributed by atoms with E-state index in [4.69, 9.17) is 5.73 Å². The predicted octanol–water partition coefficient (Wildman–Crippen LogP) is 3.21. The summed E-state index contributed by atoms with van der Waals surface area (Å²) in [4.78, 5) is 4.60. The molecule has 4 heteroatoms. The smallest absolute Gasteiger partial charge is 0.125 e. The number of hydrogen-bond donors (Lipinski definition) is 1. The minimum Gasteiger partial charge on any atom is -0.329 e. The molecular weight excluding hydrogens is 235 g/mol. The molecule has 2 aromatic rings. The third-order valence-electron chi connectivity index (χ3n) is 3.75. The summed E-state index contributed by atoms with van der Waals surface area (Å²) in [6.45, 7) is 0.648. The molecule has 17 heavy (non-hydrogen) atoms. The quantitative estimate of drug-likeness (QED) is 0.889. The van der Waals surface area contributed by atoms with Crippen molar-refractivity contribution in [3.8, 4) is 0 Å². The molecule has 1 heterocycles. The first-order chi connectivity index (χ1) is 8.23. The van der Waals surface area contributed by atoms with Crippen molar-refractivity contribution in [2.45, 2.75) is 31.1 Å². The van der Waals surface area contributed by atoms with Crippen LogP contribution in [0.15, 0.2) is 18.2 Å². The number of halogens is 1. The largest absolute Gasteiger partial charge is 0.329 e. The van der Waals surface area contributed by atoms with Crippen LogP contribution in [0.5, 0.6) is 0 Å². The number of nitrogens with two attached hydrogens (primary N) is 1. The molecular formula is C13H15FN2S. The van der Waals surface area contributed by atoms with Gasteiger partial charge in [0.05, 0.1) is 10.2 Å². The van der Waals surface area contributed by atoms with Crippen LogP contribution in [0.3, 0.4) is 0 Å². The highest BCUT2D eigenvalue weighted by atomic mass is 32.1. The average Bonchev–Trinajstić information content (AvgIpc) is 2.94. The second kappa shape index (κ2) is 4.03. The number of rotatable bonds is 2. The van der Waals surface area contributed by atoms with Gasteiger partial charge in [-0.05, 0) is 25.0 Å². The molecule has 1 aromatic heterocycles. The maximum Gasteiger partial charge on any atom is 0.125 e. The van der Waals surface area contributed by atoms with Crippen LogP contribution >= 0.6 is 11.3 Å². The van der Waals surface area contributed by atoms with E-state index >= 15 is 0 Å². The summed E-state index contributed by atoms with van der Waals surface area (Å²) in [6.07, 6.45) is 4.68. The maximum atomic E-state index is 13.1. The Bertz CT molecular complexity index is 543. The fraction of sp³-hybridized carbons (Fsp3) is 0.462. The molecule has 90 valence electrons. The minimum absolute atomic E-state index is 0.0557. The SMILES string of the molecule is NCC1(c2nc3cc(F)ccc3s2)CCCC1. The summed E-state index contributed by atoms with van der Waals surface area (Å²) in [6, 6.07) is 4.81. The van der Waals surface area contributed by atoms with Gasteiger partial charge in [-0.3, -0.25) is 0 Å². The second-order valence-electron chi connectivity index (χ2n) is 4.82. The van der Waals surface area contributed by atoms with E-state index in [1.165, 1.54) is 25.0 Å². The van der Waals surface area contributed by atoms with Gasteiger partial charge >= 0.3 is 0 Å². The summed E-state index contributed by atoms with van der Waals surface area (Å²) < 4.78 is 14.2. The zero-order chi connectivity index (χ0) is 11.9. The van der Waals surface area contributed by atoms with Gasteiger partial charge < -0.3 is 5.73 Å². The van der Waals surface area contributed by atoms with Gasteiger partial charge in [0, 0.05) is 18.0 Å². The van der Waals surface area contributed by atoms with Crippen molar-refractivity contribution in [3.05, 3.63) is 29.0 Å². The fourth-order valence-electron chi connectivity index (χ4n) is 2.68. The lowest BCUT2D eigenvalue weighted by molar-refractivity contribution is 0.451. The molecule has 0 amide bonds. The van der Waals surface area contributed by atoms with Crippen molar-refractivity contribution in [1.29, 1.82) is 0 Å². The highest BCUT2D eigenvalue weighted by molar-refractivity contribution is 7.18. The van der Waals surface area contributed by atoms with Crippen molar-refractivity contribution >= 4 is 21.6 Å². The Morgan fingerprint density at radius 2 is 2.12 bits per heavy atom. The van der Waals surface area contributed by atoms with E-state index in [9.17, 15) is 4.39 Å². The van der Waals surface area contributed by atoms with Gasteiger partial charge in [0.15, 0.2) is 0 Å². The lowest BCUT2D eigenvalue weighted by Gasteiger charge is -2.23. The zero-order valence-electron chi connectivity index (χ0n) is 9.58. The Hall–Kier alpha value is -1.00. The Balaban J connectivity index is 2.11. The molecule has 2 N–H and O–H groups in total. The Labute approximate surface area is 104 Å². The number of benzene rings is 1. The van der Waals surface area contributed by atoms with E-state index in [0.29, 0.717) is 6.54 Å². The van der Waals surface area contributed by atoms with Gasteiger partial charge in [0.1, 0.15) is 10.8 Å². The van der Waals surface area contributed by atoms with Crippen LogP contribution in [0.25, 0.3) is 10.2 Å². The Morgan fingerprint density at radius 1 is 1.35 bits per heavy atom. The van der Waals surface area contributed by atoms with Crippen LogP contribution in [-0.2, 0) is 5.41 Å². The predicted molar refractivity (Wildman–Crippen MR) is 68.8 cm³/mol. The van der Waals surface area contributed by atoms with Crippen LogP contribution < -0.4 is 5.73 Å². The summed E-state index contributed by atoms with van der Waals surface area (Å²) in [5.74, 6) is -0.220. The summed E-state index contributed by atoms with van der Waals surface area (Å²) in [7, 11) is 0. The van der Waals surface area contributed by atoms with Gasteiger partial charge in [-0.15, -0.1) is 11.3 Å². The molecule has 0 saturated heterocycles. The molecule has 3 rings (SSSR count). The lowest BCUT2D eigenvalue weighted by atomic mass is 9.87. The zero-order valence-corrected chi connectivity index (χ0v) is 10.4. The molecule has 0 bridgehead atoms. The van der Waals surface area contributed by atoms with Gasteiger partial charge in [-0.25, -0.2) is 9.37 Å². The molecule has 0 radical (unpaired) electrons. The number of thiazole rings is 1. The number of nitrogens with zero attached hydrogens (tertiary/aromatic N) is 1. The minimum atomic E-state index is -0.220. The normalized spacial score (nSPS) is 18.9. The van der Waals surface area contributed by atoms with Crippen molar-refractivity contribution in [2.24, 2.45) is 5.73 Å². The van der Waals surface area contributed by atoms with Gasteiger partial charge in [-0.1, -0.05) is 12.8 Å². The first kappa shape index (κ1) is 11.1. The molecule has 0 spiro atoms. The molecule has 1 aliphatic rings. The van der Waals surface area contributed by atoms with Crippen molar-refractivity contribution in [1.82, 2.24) is 4.98 Å². The molecule has 1 aliphatic carbocycles. The molecule has 2 nitrogen and oxygen atoms in total. The highest BCUT2D eigenvalue weighted by Gasteiger charge is 2.37. The van der Waals surface area contributed by atoms with Crippen LogP contribution in [0.4, 0.5) is 4.39 Å². The average molecular weight is 250 g/mol. The van der Waals surface area contributed by atoms with Crippen molar-refractivity contribution in [2.75, 3.05) is 6.54 Å². The van der Waals surface area contributed by atoms with Gasteiger partial charge in [0.25, 0.3) is 0 Å². The van der Waals surface area contributed by atoms with E-state index in [0.717, 1.165) is 28.1 Å². The molecule has 0 aliphatic heterocycles. The van der Waals surface area contributed by atoms with Crippen LogP contribution in [0.2, 0.25) is 0 Å². The van der Waals surface area contributed by atoms with E-state index < -0.39 is 0 Å². The fourth-order valence-corrected chi connectivity index (χ4v) is 3.89. The molecule has 0 unspecified atom stereocenters. The van der Waals surface area contributed by atoms with Crippen LogP contribution in [0, 0.1) is 5.82 Å². The maximum absolute atomic E-state index is 13.1. The monoisotopic (exact) mass is 250 g/mol. The molecule has 1 aromatic carbocycles. The second-order valence-corrected chi connectivity index (χ2v) is 5.85. The number of hydrogen-bond acceptors (Lipinski definition) is 3. The van der Waals surface area contributed by atoms with E-state index in [-0.39, 0.29) is 11.2 Å². The third kappa shape index (κ3) is 1.76. The van der Waals surface area contributed by atoms with E-state index in [1.807, 2.05) is 6.07 Å². The van der Waals surface area contributed by atoms with Crippen LogP contribution in [-0.4, -0.2) is 11.5 Å². The van der Waals surface area contributed by atoms with Crippen molar-refractivity contribution in [3.63, 3.8) is 0 Å². The first-order valence-electron chi connectivity index (χ1n) is 6.00. The highest BCUT2D eigenvalue weighted by Crippen LogP contribution is 2.43. The third-order valence-corrected chi connectivity index (χ3v) is 5.04. The molecule has 1 fully saturated rings.